The van der Waals surface area contributed by atoms with Crippen molar-refractivity contribution >= 4 is 39.1 Å². The van der Waals surface area contributed by atoms with Crippen LogP contribution in [0.2, 0.25) is 0 Å². The Morgan fingerprint density at radius 3 is 2.74 bits per heavy atom. The molecule has 0 aliphatic heterocycles. The van der Waals surface area contributed by atoms with Crippen LogP contribution in [0, 0.1) is 15.9 Å². The summed E-state index contributed by atoms with van der Waals surface area (Å²) in [7, 11) is 1.21. The lowest BCUT2D eigenvalue weighted by Crippen LogP contribution is -2.22. The number of carbonyl (C=O) groups excluding carboxylic acids is 2. The van der Waals surface area contributed by atoms with Gasteiger partial charge in [-0.25, -0.2) is 4.39 Å². The van der Waals surface area contributed by atoms with Gasteiger partial charge in [-0.1, -0.05) is 23.5 Å². The molecule has 0 unspecified atom stereocenters. The standard InChI is InChI=1S/C17H12FN3O5S/c1-26-15(22)9-20-13-7-6-10(18)8-14(13)27-17(20)19-16(23)11-4-2-3-5-12(11)21(24)25/h2-8H,9H2,1H3. The molecule has 138 valence electrons. The first-order valence-corrected chi connectivity index (χ1v) is 8.40. The summed E-state index contributed by atoms with van der Waals surface area (Å²) >= 11 is 0.986. The summed E-state index contributed by atoms with van der Waals surface area (Å²) in [6.07, 6.45) is 0. The number of rotatable bonds is 4. The van der Waals surface area contributed by atoms with Crippen molar-refractivity contribution < 1.29 is 23.6 Å². The van der Waals surface area contributed by atoms with Gasteiger partial charge in [-0.05, 0) is 24.3 Å². The first-order valence-electron chi connectivity index (χ1n) is 7.59. The number of nitrogens with zero attached hydrogens (tertiary/aromatic N) is 3. The minimum atomic E-state index is -0.840. The number of aromatic nitrogens is 1. The Bertz CT molecular complexity index is 1140. The molecular formula is C17H12FN3O5S. The molecular weight excluding hydrogens is 377 g/mol. The number of halogens is 1. The Balaban J connectivity index is 2.18. The molecule has 0 aliphatic rings. The molecule has 0 N–H and O–H groups in total. The maximum absolute atomic E-state index is 13.5. The van der Waals surface area contributed by atoms with Crippen LogP contribution in [0.5, 0.6) is 0 Å². The lowest BCUT2D eigenvalue weighted by molar-refractivity contribution is -0.385. The molecule has 3 rings (SSSR count). The normalized spacial score (nSPS) is 11.6. The molecule has 0 aliphatic carbocycles. The minimum Gasteiger partial charge on any atom is -0.468 e. The molecule has 1 heterocycles. The fourth-order valence-corrected chi connectivity index (χ4v) is 3.49. The van der Waals surface area contributed by atoms with Crippen LogP contribution >= 0.6 is 11.3 Å². The van der Waals surface area contributed by atoms with Gasteiger partial charge in [-0.3, -0.25) is 19.7 Å². The molecule has 8 nitrogen and oxygen atoms in total. The summed E-state index contributed by atoms with van der Waals surface area (Å²) in [5.41, 5.74) is -0.0745. The van der Waals surface area contributed by atoms with E-state index in [1.165, 1.54) is 54.1 Å². The van der Waals surface area contributed by atoms with Crippen LogP contribution in [0.25, 0.3) is 10.2 Å². The molecule has 3 aromatic rings. The Hall–Kier alpha value is -3.40. The minimum absolute atomic E-state index is 0.101. The van der Waals surface area contributed by atoms with Crippen LogP contribution in [0.3, 0.4) is 0 Å². The number of amides is 1. The van der Waals surface area contributed by atoms with E-state index in [0.29, 0.717) is 10.2 Å². The highest BCUT2D eigenvalue weighted by Gasteiger charge is 2.20. The third-order valence-corrected chi connectivity index (χ3v) is 4.73. The SMILES string of the molecule is COC(=O)Cn1c(=NC(=O)c2ccccc2[N+](=O)[O-])sc2cc(F)ccc21. The third kappa shape index (κ3) is 3.75. The number of para-hydroxylation sites is 1. The number of thiazole rings is 1. The topological polar surface area (TPSA) is 104 Å². The van der Waals surface area contributed by atoms with Crippen LogP contribution in [0.1, 0.15) is 10.4 Å². The lowest BCUT2D eigenvalue weighted by atomic mass is 10.2. The monoisotopic (exact) mass is 389 g/mol. The highest BCUT2D eigenvalue weighted by atomic mass is 32.1. The second-order valence-electron chi connectivity index (χ2n) is 5.35. The van der Waals surface area contributed by atoms with Crippen molar-refractivity contribution in [1.29, 1.82) is 0 Å². The number of esters is 1. The van der Waals surface area contributed by atoms with E-state index in [4.69, 9.17) is 0 Å². The van der Waals surface area contributed by atoms with E-state index in [1.54, 1.807) is 0 Å². The van der Waals surface area contributed by atoms with Gasteiger partial charge in [0, 0.05) is 6.07 Å². The molecule has 0 spiro atoms. The number of methoxy groups -OCH3 is 1. The van der Waals surface area contributed by atoms with Gasteiger partial charge in [0.1, 0.15) is 17.9 Å². The summed E-state index contributed by atoms with van der Waals surface area (Å²) in [4.78, 5) is 38.7. The van der Waals surface area contributed by atoms with Crippen molar-refractivity contribution in [3.8, 4) is 0 Å². The van der Waals surface area contributed by atoms with Gasteiger partial charge in [-0.2, -0.15) is 4.99 Å². The first-order chi connectivity index (χ1) is 12.9. The summed E-state index contributed by atoms with van der Waals surface area (Å²) in [6.45, 7) is -0.245. The molecule has 0 atom stereocenters. The van der Waals surface area contributed by atoms with Crippen LogP contribution in [0.15, 0.2) is 47.5 Å². The summed E-state index contributed by atoms with van der Waals surface area (Å²) in [6, 6.07) is 9.34. The van der Waals surface area contributed by atoms with Gasteiger partial charge < -0.3 is 9.30 Å². The molecule has 0 saturated carbocycles. The average Bonchev–Trinajstić information content (AvgIpc) is 2.97. The van der Waals surface area contributed by atoms with E-state index in [9.17, 15) is 24.1 Å². The van der Waals surface area contributed by atoms with Crippen molar-refractivity contribution in [2.75, 3.05) is 7.11 Å². The third-order valence-electron chi connectivity index (χ3n) is 3.69. The van der Waals surface area contributed by atoms with E-state index >= 15 is 0 Å². The van der Waals surface area contributed by atoms with Crippen LogP contribution < -0.4 is 4.80 Å². The fraction of sp³-hybridized carbons (Fsp3) is 0.118. The molecule has 0 bridgehead atoms. The summed E-state index contributed by atoms with van der Waals surface area (Å²) < 4.78 is 20.0. The van der Waals surface area contributed by atoms with Crippen molar-refractivity contribution in [3.63, 3.8) is 0 Å². The van der Waals surface area contributed by atoms with E-state index in [0.717, 1.165) is 11.3 Å². The highest BCUT2D eigenvalue weighted by Crippen LogP contribution is 2.21. The average molecular weight is 389 g/mol. The number of hydrogen-bond donors (Lipinski definition) is 0. The van der Waals surface area contributed by atoms with E-state index in [1.807, 2.05) is 0 Å². The Morgan fingerprint density at radius 2 is 2.04 bits per heavy atom. The van der Waals surface area contributed by atoms with Crippen LogP contribution in [0.4, 0.5) is 10.1 Å². The number of carbonyl (C=O) groups is 2. The fourth-order valence-electron chi connectivity index (χ4n) is 2.44. The van der Waals surface area contributed by atoms with E-state index < -0.39 is 22.6 Å². The maximum Gasteiger partial charge on any atom is 0.325 e. The largest absolute Gasteiger partial charge is 0.468 e. The van der Waals surface area contributed by atoms with E-state index in [2.05, 4.69) is 9.73 Å². The number of hydrogen-bond acceptors (Lipinski definition) is 6. The van der Waals surface area contributed by atoms with Crippen molar-refractivity contribution in [2.45, 2.75) is 6.54 Å². The summed E-state index contributed by atoms with van der Waals surface area (Å²) in [5, 5.41) is 11.1. The number of benzene rings is 2. The van der Waals surface area contributed by atoms with Gasteiger partial charge in [0.2, 0.25) is 0 Å². The van der Waals surface area contributed by atoms with Crippen LogP contribution in [-0.2, 0) is 16.1 Å². The second kappa shape index (κ2) is 7.46. The number of fused-ring (bicyclic) bond motifs is 1. The van der Waals surface area contributed by atoms with Gasteiger partial charge in [-0.15, -0.1) is 0 Å². The number of nitro groups is 1. The molecule has 2 aromatic carbocycles. The Morgan fingerprint density at radius 1 is 1.30 bits per heavy atom. The van der Waals surface area contributed by atoms with Crippen molar-refractivity contribution in [1.82, 2.24) is 4.57 Å². The number of nitro benzene ring substituents is 1. The predicted molar refractivity (Wildman–Crippen MR) is 94.8 cm³/mol. The molecule has 0 fully saturated rings. The summed E-state index contributed by atoms with van der Waals surface area (Å²) in [5.74, 6) is -1.91. The first kappa shape index (κ1) is 18.4. The predicted octanol–water partition coefficient (Wildman–Crippen LogP) is 2.66. The number of ether oxygens (including phenoxy) is 1. The van der Waals surface area contributed by atoms with Gasteiger partial charge in [0.25, 0.3) is 11.6 Å². The molecule has 1 aromatic heterocycles. The molecule has 10 heteroatoms. The lowest BCUT2D eigenvalue weighted by Gasteiger charge is -2.03. The Labute approximate surface area is 155 Å². The highest BCUT2D eigenvalue weighted by molar-refractivity contribution is 7.16. The van der Waals surface area contributed by atoms with Crippen molar-refractivity contribution in [3.05, 3.63) is 68.8 Å². The van der Waals surface area contributed by atoms with Gasteiger partial charge in [0.15, 0.2) is 4.80 Å². The van der Waals surface area contributed by atoms with Crippen molar-refractivity contribution in [2.24, 2.45) is 4.99 Å². The molecule has 1 amide bonds. The van der Waals surface area contributed by atoms with Gasteiger partial charge >= 0.3 is 5.97 Å². The zero-order valence-corrected chi connectivity index (χ0v) is 14.7. The van der Waals surface area contributed by atoms with Crippen LogP contribution in [-0.4, -0.2) is 28.5 Å². The zero-order chi connectivity index (χ0) is 19.6. The zero-order valence-electron chi connectivity index (χ0n) is 13.9. The smallest absolute Gasteiger partial charge is 0.325 e. The van der Waals surface area contributed by atoms with E-state index in [-0.39, 0.29) is 22.6 Å². The molecule has 27 heavy (non-hydrogen) atoms. The maximum atomic E-state index is 13.5. The molecule has 0 saturated heterocycles. The Kier molecular flexibility index (Phi) is 5.08. The second-order valence-corrected chi connectivity index (χ2v) is 6.36. The quantitative estimate of drug-likeness (QED) is 0.388. The van der Waals surface area contributed by atoms with Gasteiger partial charge in [0.05, 0.1) is 22.2 Å². The molecule has 0 radical (unpaired) electrons.